The van der Waals surface area contributed by atoms with Gasteiger partial charge in [-0.05, 0) is 24.5 Å². The lowest BCUT2D eigenvalue weighted by Gasteiger charge is -2.37. The number of nitrogen functional groups attached to an aromatic ring is 1. The third-order valence-corrected chi connectivity index (χ3v) is 4.61. The summed E-state index contributed by atoms with van der Waals surface area (Å²) in [4.78, 5) is 14.9. The van der Waals surface area contributed by atoms with Crippen molar-refractivity contribution in [2.24, 2.45) is 5.92 Å². The molecule has 1 fully saturated rings. The molecule has 1 aliphatic rings. The van der Waals surface area contributed by atoms with Gasteiger partial charge in [0.2, 0.25) is 0 Å². The predicted octanol–water partition coefficient (Wildman–Crippen LogP) is 2.43. The van der Waals surface area contributed by atoms with Gasteiger partial charge in [0, 0.05) is 31.9 Å². The van der Waals surface area contributed by atoms with Gasteiger partial charge in [-0.15, -0.1) is 0 Å². The summed E-state index contributed by atoms with van der Waals surface area (Å²) in [6.07, 6.45) is 4.30. The molecule has 6 nitrogen and oxygen atoms in total. The van der Waals surface area contributed by atoms with Gasteiger partial charge >= 0.3 is 0 Å². The average Bonchev–Trinajstić information content (AvgIpc) is 2.55. The summed E-state index contributed by atoms with van der Waals surface area (Å²) >= 11 is 6.16. The molecule has 0 spiro atoms. The number of piperidine rings is 1. The second-order valence-electron chi connectivity index (χ2n) is 5.99. The molecule has 3 N–H and O–H groups in total. The van der Waals surface area contributed by atoms with Crippen molar-refractivity contribution in [2.75, 3.05) is 24.1 Å². The summed E-state index contributed by atoms with van der Waals surface area (Å²) in [6.45, 7) is 5.14. The summed E-state index contributed by atoms with van der Waals surface area (Å²) in [5.41, 5.74) is 6.84. The maximum Gasteiger partial charge on any atom is 0.150 e. The van der Waals surface area contributed by atoms with Crippen molar-refractivity contribution in [2.45, 2.75) is 25.9 Å². The molecule has 0 radical (unpaired) electrons. The molecule has 122 valence electrons. The predicted molar refractivity (Wildman–Crippen MR) is 92.2 cm³/mol. The van der Waals surface area contributed by atoms with Crippen molar-refractivity contribution in [1.82, 2.24) is 19.9 Å². The molecule has 0 amide bonds. The summed E-state index contributed by atoms with van der Waals surface area (Å²) < 4.78 is 0. The molecule has 2 atom stereocenters. The molecule has 2 aromatic heterocycles. The molecule has 0 saturated carbocycles. The number of nitrogens with one attached hydrogen (secondary N) is 1. The highest BCUT2D eigenvalue weighted by atomic mass is 35.5. The number of hydrogen-bond acceptors (Lipinski definition) is 6. The van der Waals surface area contributed by atoms with Crippen molar-refractivity contribution in [3.05, 3.63) is 41.4 Å². The lowest BCUT2D eigenvalue weighted by atomic mass is 9.93. The van der Waals surface area contributed by atoms with Gasteiger partial charge in [0.1, 0.15) is 17.2 Å². The first-order valence-corrected chi connectivity index (χ1v) is 8.16. The Hall–Kier alpha value is -1.92. The number of aromatic nitrogens is 3. The van der Waals surface area contributed by atoms with E-state index < -0.39 is 0 Å². The Morgan fingerprint density at radius 1 is 1.35 bits per heavy atom. The van der Waals surface area contributed by atoms with E-state index >= 15 is 0 Å². The van der Waals surface area contributed by atoms with Crippen LogP contribution in [-0.4, -0.2) is 39.0 Å². The third kappa shape index (κ3) is 3.89. The van der Waals surface area contributed by atoms with Crippen LogP contribution in [0.2, 0.25) is 5.02 Å². The quantitative estimate of drug-likeness (QED) is 0.895. The van der Waals surface area contributed by atoms with Crippen LogP contribution in [0.5, 0.6) is 0 Å². The van der Waals surface area contributed by atoms with Crippen molar-refractivity contribution in [3.8, 4) is 0 Å². The molecule has 7 heteroatoms. The minimum atomic E-state index is 0.310. The van der Waals surface area contributed by atoms with Crippen LogP contribution in [0.4, 0.5) is 11.6 Å². The maximum absolute atomic E-state index is 6.16. The Labute approximate surface area is 141 Å². The molecule has 3 heterocycles. The van der Waals surface area contributed by atoms with E-state index in [0.29, 0.717) is 28.6 Å². The molecule has 1 saturated heterocycles. The van der Waals surface area contributed by atoms with Gasteiger partial charge in [0.15, 0.2) is 5.82 Å². The number of nitrogens with zero attached hydrogens (tertiary/aromatic N) is 4. The Bertz CT molecular complexity index is 650. The Morgan fingerprint density at radius 2 is 2.22 bits per heavy atom. The fourth-order valence-corrected chi connectivity index (χ4v) is 3.12. The van der Waals surface area contributed by atoms with Gasteiger partial charge in [0.05, 0.1) is 5.69 Å². The summed E-state index contributed by atoms with van der Waals surface area (Å²) in [5.74, 6) is 1.40. The molecule has 0 unspecified atom stereocenters. The van der Waals surface area contributed by atoms with Crippen LogP contribution in [0, 0.1) is 5.92 Å². The molecule has 2 aromatic rings. The molecule has 0 aromatic carbocycles. The number of nitrogens with two attached hydrogens (primary N) is 1. The highest BCUT2D eigenvalue weighted by Gasteiger charge is 2.27. The van der Waals surface area contributed by atoms with Crippen molar-refractivity contribution in [1.29, 1.82) is 0 Å². The van der Waals surface area contributed by atoms with E-state index in [9.17, 15) is 0 Å². The first-order valence-electron chi connectivity index (χ1n) is 7.78. The number of likely N-dealkylation sites (tertiary alicyclic amines) is 1. The normalized spacial score (nSPS) is 22.0. The highest BCUT2D eigenvalue weighted by molar-refractivity contribution is 6.35. The Kier molecular flexibility index (Phi) is 4.93. The summed E-state index contributed by atoms with van der Waals surface area (Å²) in [7, 11) is 0. The number of pyridine rings is 1. The van der Waals surface area contributed by atoms with Crippen LogP contribution in [0.25, 0.3) is 0 Å². The maximum atomic E-state index is 6.16. The van der Waals surface area contributed by atoms with Crippen molar-refractivity contribution in [3.63, 3.8) is 0 Å². The summed E-state index contributed by atoms with van der Waals surface area (Å²) in [5, 5.41) is 3.82. The molecule has 0 aliphatic carbocycles. The Morgan fingerprint density at radius 3 is 2.96 bits per heavy atom. The lowest BCUT2D eigenvalue weighted by molar-refractivity contribution is 0.163. The van der Waals surface area contributed by atoms with Crippen molar-refractivity contribution >= 4 is 23.2 Å². The fraction of sp³-hybridized carbons (Fsp3) is 0.438. The monoisotopic (exact) mass is 332 g/mol. The molecular weight excluding hydrogens is 312 g/mol. The van der Waals surface area contributed by atoms with Gasteiger partial charge in [-0.2, -0.15) is 0 Å². The summed E-state index contributed by atoms with van der Waals surface area (Å²) in [6, 6.07) is 6.36. The minimum absolute atomic E-state index is 0.310. The topological polar surface area (TPSA) is 80.0 Å². The van der Waals surface area contributed by atoms with E-state index in [4.69, 9.17) is 17.3 Å². The van der Waals surface area contributed by atoms with Crippen LogP contribution >= 0.6 is 11.6 Å². The zero-order valence-corrected chi connectivity index (χ0v) is 13.9. The zero-order valence-electron chi connectivity index (χ0n) is 13.1. The van der Waals surface area contributed by atoms with Gasteiger partial charge < -0.3 is 11.1 Å². The first kappa shape index (κ1) is 16.0. The average molecular weight is 333 g/mol. The molecule has 23 heavy (non-hydrogen) atoms. The lowest BCUT2D eigenvalue weighted by Crippen LogP contribution is -2.45. The molecule has 3 rings (SSSR count). The third-order valence-electron chi connectivity index (χ3n) is 4.24. The SMILES string of the molecule is C[C@H]1CN(Cc2ccccn2)CC[C@H]1Nc1ncnc(N)c1Cl. The molecule has 1 aliphatic heterocycles. The van der Waals surface area contributed by atoms with E-state index in [1.54, 1.807) is 0 Å². The fourth-order valence-electron chi connectivity index (χ4n) is 2.97. The van der Waals surface area contributed by atoms with E-state index in [2.05, 4.69) is 38.2 Å². The van der Waals surface area contributed by atoms with Crippen LogP contribution in [-0.2, 0) is 6.54 Å². The van der Waals surface area contributed by atoms with Crippen LogP contribution in [0.15, 0.2) is 30.7 Å². The number of rotatable bonds is 4. The highest BCUT2D eigenvalue weighted by Crippen LogP contribution is 2.27. The van der Waals surface area contributed by atoms with E-state index in [1.165, 1.54) is 6.33 Å². The van der Waals surface area contributed by atoms with Gasteiger partial charge in [-0.3, -0.25) is 9.88 Å². The van der Waals surface area contributed by atoms with Gasteiger partial charge in [-0.25, -0.2) is 9.97 Å². The first-order chi connectivity index (χ1) is 11.1. The van der Waals surface area contributed by atoms with E-state index in [1.807, 2.05) is 18.3 Å². The molecule has 0 bridgehead atoms. The van der Waals surface area contributed by atoms with Crippen molar-refractivity contribution < 1.29 is 0 Å². The number of hydrogen-bond donors (Lipinski definition) is 2. The van der Waals surface area contributed by atoms with Gasteiger partial charge in [-0.1, -0.05) is 24.6 Å². The zero-order chi connectivity index (χ0) is 16.2. The minimum Gasteiger partial charge on any atom is -0.382 e. The standard InChI is InChI=1S/C16H21ClN6/c1-11-8-23(9-12-4-2-3-6-19-12)7-5-13(11)22-16-14(17)15(18)20-10-21-16/h2-4,6,10-11,13H,5,7-9H2,1H3,(H3,18,20,21,22)/t11-,13+/m0/s1. The number of anilines is 2. The second-order valence-corrected chi connectivity index (χ2v) is 6.37. The van der Waals surface area contributed by atoms with Crippen LogP contribution < -0.4 is 11.1 Å². The second kappa shape index (κ2) is 7.10. The van der Waals surface area contributed by atoms with Gasteiger partial charge in [0.25, 0.3) is 0 Å². The van der Waals surface area contributed by atoms with Crippen LogP contribution in [0.3, 0.4) is 0 Å². The number of halogens is 1. The smallest absolute Gasteiger partial charge is 0.150 e. The van der Waals surface area contributed by atoms with E-state index in [0.717, 1.165) is 31.7 Å². The largest absolute Gasteiger partial charge is 0.382 e. The Balaban J connectivity index is 1.59. The molecular formula is C16H21ClN6. The van der Waals surface area contributed by atoms with E-state index in [-0.39, 0.29) is 0 Å². The van der Waals surface area contributed by atoms with Crippen LogP contribution in [0.1, 0.15) is 19.0 Å².